The van der Waals surface area contributed by atoms with E-state index in [2.05, 4.69) is 20.3 Å². The molecule has 0 saturated carbocycles. The van der Waals surface area contributed by atoms with E-state index in [0.717, 1.165) is 47.6 Å². The average Bonchev–Trinajstić information content (AvgIpc) is 3.38. The fourth-order valence-corrected chi connectivity index (χ4v) is 3.49. The Balaban J connectivity index is 1.53. The molecule has 1 fully saturated rings. The molecular formula is C20H19N7O. The number of nitrogen functional groups attached to an aromatic ring is 1. The summed E-state index contributed by atoms with van der Waals surface area (Å²) in [6.07, 6.45) is 4.23. The van der Waals surface area contributed by atoms with Gasteiger partial charge in [-0.1, -0.05) is 18.2 Å². The fraction of sp³-hybridized carbons (Fsp3) is 0.200. The second kappa shape index (κ2) is 6.90. The molecule has 8 heteroatoms. The van der Waals surface area contributed by atoms with Gasteiger partial charge in [-0.2, -0.15) is 5.10 Å². The molecule has 0 bridgehead atoms. The lowest BCUT2D eigenvalue weighted by Gasteiger charge is -2.09. The van der Waals surface area contributed by atoms with Crippen molar-refractivity contribution in [2.24, 2.45) is 0 Å². The quantitative estimate of drug-likeness (QED) is 0.567. The van der Waals surface area contributed by atoms with E-state index in [-0.39, 0.29) is 6.04 Å². The number of ether oxygens (including phenoxy) is 1. The lowest BCUT2D eigenvalue weighted by molar-refractivity contribution is 0.463. The van der Waals surface area contributed by atoms with Gasteiger partial charge in [0.2, 0.25) is 5.88 Å². The minimum Gasteiger partial charge on any atom is -0.439 e. The number of benzene rings is 1. The summed E-state index contributed by atoms with van der Waals surface area (Å²) in [6, 6.07) is 13.6. The van der Waals surface area contributed by atoms with Gasteiger partial charge in [0.15, 0.2) is 5.65 Å². The van der Waals surface area contributed by atoms with E-state index >= 15 is 0 Å². The Morgan fingerprint density at radius 1 is 1.07 bits per heavy atom. The van der Waals surface area contributed by atoms with Crippen molar-refractivity contribution in [3.63, 3.8) is 0 Å². The molecule has 0 spiro atoms. The SMILES string of the molecule is Nc1ncnc2c1c(-c1ccc(Oc3ccccc3)nc1)nn2[C@@H]1CCNC1. The van der Waals surface area contributed by atoms with Crippen molar-refractivity contribution < 1.29 is 4.74 Å². The summed E-state index contributed by atoms with van der Waals surface area (Å²) < 4.78 is 7.73. The lowest BCUT2D eigenvalue weighted by atomic mass is 10.1. The van der Waals surface area contributed by atoms with E-state index in [1.54, 1.807) is 6.20 Å². The van der Waals surface area contributed by atoms with Crippen LogP contribution in [0.15, 0.2) is 55.0 Å². The molecule has 4 aromatic rings. The van der Waals surface area contributed by atoms with Crippen LogP contribution in [0.3, 0.4) is 0 Å². The average molecular weight is 373 g/mol. The van der Waals surface area contributed by atoms with Crippen molar-refractivity contribution in [2.75, 3.05) is 18.8 Å². The number of hydrogen-bond donors (Lipinski definition) is 2. The Kier molecular flexibility index (Phi) is 4.10. The first-order chi connectivity index (χ1) is 13.8. The molecule has 0 radical (unpaired) electrons. The summed E-state index contributed by atoms with van der Waals surface area (Å²) in [5.41, 5.74) is 8.50. The van der Waals surface area contributed by atoms with E-state index in [1.807, 2.05) is 47.1 Å². The number of rotatable bonds is 4. The zero-order valence-electron chi connectivity index (χ0n) is 15.1. The Morgan fingerprint density at radius 2 is 1.96 bits per heavy atom. The largest absolute Gasteiger partial charge is 0.439 e. The number of hydrogen-bond acceptors (Lipinski definition) is 7. The van der Waals surface area contributed by atoms with Gasteiger partial charge in [-0.05, 0) is 31.2 Å². The van der Waals surface area contributed by atoms with Gasteiger partial charge >= 0.3 is 0 Å². The zero-order chi connectivity index (χ0) is 18.9. The summed E-state index contributed by atoms with van der Waals surface area (Å²) >= 11 is 0. The molecule has 0 amide bonds. The maximum atomic E-state index is 6.17. The van der Waals surface area contributed by atoms with Gasteiger partial charge in [-0.15, -0.1) is 0 Å². The number of nitrogens with two attached hydrogens (primary N) is 1. The van der Waals surface area contributed by atoms with Gasteiger partial charge in [0.05, 0.1) is 11.4 Å². The highest BCUT2D eigenvalue weighted by Crippen LogP contribution is 2.33. The van der Waals surface area contributed by atoms with Crippen LogP contribution in [0.4, 0.5) is 5.82 Å². The third-order valence-electron chi connectivity index (χ3n) is 4.87. The topological polar surface area (TPSA) is 104 Å². The number of pyridine rings is 1. The molecule has 4 heterocycles. The predicted octanol–water partition coefficient (Wildman–Crippen LogP) is 2.80. The third-order valence-corrected chi connectivity index (χ3v) is 4.87. The van der Waals surface area contributed by atoms with Crippen molar-refractivity contribution in [2.45, 2.75) is 12.5 Å². The Morgan fingerprint density at radius 3 is 2.71 bits per heavy atom. The molecule has 5 rings (SSSR count). The Hall–Kier alpha value is -3.52. The molecule has 1 aromatic carbocycles. The van der Waals surface area contributed by atoms with Crippen LogP contribution in [-0.2, 0) is 0 Å². The number of fused-ring (bicyclic) bond motifs is 1. The standard InChI is InChI=1S/C20H19N7O/c21-19-17-18(26-27(14-8-9-22-11-14)20(17)25-12-24-19)13-6-7-16(23-10-13)28-15-4-2-1-3-5-15/h1-7,10,12,14,22H,8-9,11H2,(H2,21,24,25)/t14-/m1/s1. The van der Waals surface area contributed by atoms with Gasteiger partial charge < -0.3 is 15.8 Å². The van der Waals surface area contributed by atoms with E-state index < -0.39 is 0 Å². The number of aromatic nitrogens is 5. The number of nitrogens with one attached hydrogen (secondary N) is 1. The summed E-state index contributed by atoms with van der Waals surface area (Å²) in [5.74, 6) is 1.67. The van der Waals surface area contributed by atoms with Crippen LogP contribution in [0.5, 0.6) is 11.6 Å². The minimum atomic E-state index is 0.249. The first-order valence-corrected chi connectivity index (χ1v) is 9.18. The van der Waals surface area contributed by atoms with Gasteiger partial charge in [0.25, 0.3) is 0 Å². The monoisotopic (exact) mass is 373 g/mol. The number of nitrogens with zero attached hydrogens (tertiary/aromatic N) is 5. The molecule has 140 valence electrons. The normalized spacial score (nSPS) is 16.5. The highest BCUT2D eigenvalue weighted by molar-refractivity contribution is 5.98. The van der Waals surface area contributed by atoms with Gasteiger partial charge in [-0.3, -0.25) is 0 Å². The summed E-state index contributed by atoms with van der Waals surface area (Å²) in [5, 5.41) is 8.95. The third kappa shape index (κ3) is 2.93. The highest BCUT2D eigenvalue weighted by Gasteiger charge is 2.24. The van der Waals surface area contributed by atoms with Crippen molar-refractivity contribution in [1.29, 1.82) is 0 Å². The van der Waals surface area contributed by atoms with Crippen LogP contribution in [0.25, 0.3) is 22.3 Å². The smallest absolute Gasteiger partial charge is 0.219 e. The van der Waals surface area contributed by atoms with Crippen LogP contribution in [-0.4, -0.2) is 37.8 Å². The molecule has 3 N–H and O–H groups in total. The van der Waals surface area contributed by atoms with Crippen LogP contribution >= 0.6 is 0 Å². The first-order valence-electron chi connectivity index (χ1n) is 9.18. The van der Waals surface area contributed by atoms with E-state index in [0.29, 0.717) is 11.7 Å². The first kappa shape index (κ1) is 16.6. The number of anilines is 1. The second-order valence-corrected chi connectivity index (χ2v) is 6.70. The lowest BCUT2D eigenvalue weighted by Crippen LogP contribution is -2.15. The van der Waals surface area contributed by atoms with Gasteiger partial charge in [0.1, 0.15) is 23.6 Å². The van der Waals surface area contributed by atoms with E-state index in [1.165, 1.54) is 6.33 Å². The molecule has 1 saturated heterocycles. The molecule has 0 aliphatic carbocycles. The van der Waals surface area contributed by atoms with E-state index in [4.69, 9.17) is 15.6 Å². The second-order valence-electron chi connectivity index (χ2n) is 6.70. The summed E-state index contributed by atoms with van der Waals surface area (Å²) in [7, 11) is 0. The predicted molar refractivity (Wildman–Crippen MR) is 106 cm³/mol. The van der Waals surface area contributed by atoms with Crippen LogP contribution in [0, 0.1) is 0 Å². The highest BCUT2D eigenvalue weighted by atomic mass is 16.5. The van der Waals surface area contributed by atoms with Crippen molar-refractivity contribution >= 4 is 16.9 Å². The molecular weight excluding hydrogens is 354 g/mol. The molecule has 28 heavy (non-hydrogen) atoms. The summed E-state index contributed by atoms with van der Waals surface area (Å²) in [4.78, 5) is 13.0. The molecule has 0 unspecified atom stereocenters. The van der Waals surface area contributed by atoms with Crippen molar-refractivity contribution in [3.8, 4) is 22.9 Å². The van der Waals surface area contributed by atoms with Crippen LogP contribution in [0.1, 0.15) is 12.5 Å². The fourth-order valence-electron chi connectivity index (χ4n) is 3.49. The Bertz CT molecular complexity index is 1100. The van der Waals surface area contributed by atoms with Crippen LogP contribution < -0.4 is 15.8 Å². The maximum Gasteiger partial charge on any atom is 0.219 e. The molecule has 8 nitrogen and oxygen atoms in total. The van der Waals surface area contributed by atoms with Gasteiger partial charge in [-0.25, -0.2) is 19.6 Å². The number of para-hydroxylation sites is 1. The molecule has 1 aliphatic heterocycles. The molecule has 1 atom stereocenters. The van der Waals surface area contributed by atoms with E-state index in [9.17, 15) is 0 Å². The summed E-state index contributed by atoms with van der Waals surface area (Å²) in [6.45, 7) is 1.83. The molecule has 3 aromatic heterocycles. The molecule has 1 aliphatic rings. The zero-order valence-corrected chi connectivity index (χ0v) is 15.1. The maximum absolute atomic E-state index is 6.17. The van der Waals surface area contributed by atoms with Crippen LogP contribution in [0.2, 0.25) is 0 Å². The van der Waals surface area contributed by atoms with Crippen molar-refractivity contribution in [1.82, 2.24) is 30.0 Å². The minimum absolute atomic E-state index is 0.249. The van der Waals surface area contributed by atoms with Crippen molar-refractivity contribution in [3.05, 3.63) is 55.0 Å². The Labute approximate surface area is 161 Å². The van der Waals surface area contributed by atoms with Gasteiger partial charge in [0, 0.05) is 24.4 Å².